The number of nitrogens with one attached hydrogen (secondary N) is 1. The second-order valence-electron chi connectivity index (χ2n) is 10.2. The predicted octanol–water partition coefficient (Wildman–Crippen LogP) is 8.45. The van der Waals surface area contributed by atoms with Crippen LogP contribution in [0.3, 0.4) is 0 Å². The Kier molecular flexibility index (Phi) is 7.51. The van der Waals surface area contributed by atoms with Crippen molar-refractivity contribution in [3.05, 3.63) is 147 Å². The van der Waals surface area contributed by atoms with E-state index in [0.717, 1.165) is 11.3 Å². The maximum Gasteiger partial charge on any atom is 0.265 e. The summed E-state index contributed by atoms with van der Waals surface area (Å²) in [5.74, 6) is 1.08. The molecular formula is C35H23Cl2N5O3. The monoisotopic (exact) mass is 631 g/mol. The molecule has 0 unspecified atom stereocenters. The Morgan fingerprint density at radius 1 is 0.756 bits per heavy atom. The Bertz CT molecular complexity index is 2230. The number of hydrogen-bond donors (Lipinski definition) is 2. The van der Waals surface area contributed by atoms with Gasteiger partial charge in [-0.1, -0.05) is 71.7 Å². The van der Waals surface area contributed by atoms with Gasteiger partial charge in [0.15, 0.2) is 0 Å². The quantitative estimate of drug-likeness (QED) is 0.182. The van der Waals surface area contributed by atoms with Gasteiger partial charge in [-0.2, -0.15) is 0 Å². The first-order chi connectivity index (χ1) is 22.0. The largest absolute Gasteiger partial charge is 0.507 e. The van der Waals surface area contributed by atoms with Crippen molar-refractivity contribution in [2.45, 2.75) is 6.42 Å². The number of rotatable bonds is 7. The molecule has 0 atom stereocenters. The van der Waals surface area contributed by atoms with Gasteiger partial charge < -0.3 is 14.8 Å². The zero-order chi connectivity index (χ0) is 30.9. The molecule has 0 aliphatic carbocycles. The smallest absolute Gasteiger partial charge is 0.265 e. The number of para-hydroxylation sites is 4. The maximum atomic E-state index is 14.0. The number of hydrogen-bond acceptors (Lipinski definition) is 7. The van der Waals surface area contributed by atoms with E-state index < -0.39 is 0 Å². The highest BCUT2D eigenvalue weighted by atomic mass is 35.5. The first-order valence-corrected chi connectivity index (χ1v) is 14.7. The first kappa shape index (κ1) is 28.3. The molecule has 2 aromatic heterocycles. The lowest BCUT2D eigenvalue weighted by molar-refractivity contribution is 0.473. The lowest BCUT2D eigenvalue weighted by Gasteiger charge is -2.17. The molecule has 220 valence electrons. The van der Waals surface area contributed by atoms with Crippen molar-refractivity contribution >= 4 is 45.5 Å². The summed E-state index contributed by atoms with van der Waals surface area (Å²) in [6.07, 6.45) is 0.334. The van der Waals surface area contributed by atoms with Crippen LogP contribution in [-0.2, 0) is 6.42 Å². The third kappa shape index (κ3) is 5.53. The summed E-state index contributed by atoms with van der Waals surface area (Å²) in [6, 6.07) is 34.4. The highest BCUT2D eigenvalue weighted by Crippen LogP contribution is 2.34. The predicted molar refractivity (Wildman–Crippen MR) is 177 cm³/mol. The minimum Gasteiger partial charge on any atom is -0.507 e. The van der Waals surface area contributed by atoms with Crippen molar-refractivity contribution in [1.82, 2.24) is 19.7 Å². The van der Waals surface area contributed by atoms with Crippen LogP contribution in [0.4, 0.5) is 11.4 Å². The molecule has 0 fully saturated rings. The number of halogens is 2. The third-order valence-electron chi connectivity index (χ3n) is 7.37. The van der Waals surface area contributed by atoms with Crippen LogP contribution in [-0.4, -0.2) is 24.9 Å². The molecule has 7 rings (SSSR count). The molecule has 10 heteroatoms. The van der Waals surface area contributed by atoms with Gasteiger partial charge in [-0.15, -0.1) is 10.2 Å². The second-order valence-corrected chi connectivity index (χ2v) is 11.0. The molecule has 0 saturated heterocycles. The zero-order valence-corrected chi connectivity index (χ0v) is 25.0. The molecule has 2 N–H and O–H groups in total. The minimum absolute atomic E-state index is 0.0468. The van der Waals surface area contributed by atoms with Crippen LogP contribution in [0.15, 0.2) is 124 Å². The van der Waals surface area contributed by atoms with Gasteiger partial charge in [0.2, 0.25) is 5.89 Å². The molecule has 0 aliphatic rings. The number of nitrogens with zero attached hydrogens (tertiary/aromatic N) is 4. The van der Waals surface area contributed by atoms with E-state index in [1.807, 2.05) is 54.6 Å². The number of phenolic OH excluding ortho intramolecular Hbond substituents is 1. The summed E-state index contributed by atoms with van der Waals surface area (Å²) in [6.45, 7) is 0. The Morgan fingerprint density at radius 3 is 2.24 bits per heavy atom. The molecule has 0 bridgehead atoms. The van der Waals surface area contributed by atoms with Gasteiger partial charge in [0.05, 0.1) is 37.9 Å². The van der Waals surface area contributed by atoms with Crippen molar-refractivity contribution in [2.24, 2.45) is 0 Å². The fraction of sp³-hybridized carbons (Fsp3) is 0.0286. The van der Waals surface area contributed by atoms with Gasteiger partial charge in [0.1, 0.15) is 11.6 Å². The third-order valence-corrected chi connectivity index (χ3v) is 8.00. The Balaban J connectivity index is 1.28. The number of aromatic nitrogens is 4. The standard InChI is InChI=1S/C35H23Cl2N5O3/c36-26-11-7-12-27(37)32(26)39-28-13-4-1-8-22(28)20-31-38-29-14-5-2-9-24(29)35(44)42(31)23-18-16-21(17-19-23)33-40-41-34(45-33)25-10-3-6-15-30(25)43/h1-19,39,43H,20H2. The average molecular weight is 633 g/mol. The fourth-order valence-corrected chi connectivity index (χ4v) is 5.63. The maximum absolute atomic E-state index is 14.0. The molecule has 8 nitrogen and oxygen atoms in total. The van der Waals surface area contributed by atoms with E-state index in [0.29, 0.717) is 55.7 Å². The van der Waals surface area contributed by atoms with Crippen LogP contribution >= 0.6 is 23.2 Å². The van der Waals surface area contributed by atoms with Crippen LogP contribution < -0.4 is 10.9 Å². The van der Waals surface area contributed by atoms with E-state index in [9.17, 15) is 9.90 Å². The van der Waals surface area contributed by atoms with E-state index >= 15 is 0 Å². The number of anilines is 2. The van der Waals surface area contributed by atoms with Crippen LogP contribution in [0, 0.1) is 0 Å². The number of benzene rings is 5. The van der Waals surface area contributed by atoms with Crippen molar-refractivity contribution in [3.8, 4) is 34.3 Å². The van der Waals surface area contributed by atoms with Gasteiger partial charge in [0, 0.05) is 17.7 Å². The molecule has 0 saturated carbocycles. The van der Waals surface area contributed by atoms with Crippen molar-refractivity contribution in [2.75, 3.05) is 5.32 Å². The summed E-state index contributed by atoms with van der Waals surface area (Å²) in [5.41, 5.74) is 4.41. The summed E-state index contributed by atoms with van der Waals surface area (Å²) in [4.78, 5) is 18.9. The van der Waals surface area contributed by atoms with E-state index in [1.54, 1.807) is 65.2 Å². The number of fused-ring (bicyclic) bond motifs is 1. The van der Waals surface area contributed by atoms with Gasteiger partial charge in [-0.3, -0.25) is 9.36 Å². The minimum atomic E-state index is -0.192. The molecule has 0 radical (unpaired) electrons. The van der Waals surface area contributed by atoms with Gasteiger partial charge in [0.25, 0.3) is 11.4 Å². The second kappa shape index (κ2) is 11.9. The van der Waals surface area contributed by atoms with Crippen molar-refractivity contribution in [3.63, 3.8) is 0 Å². The first-order valence-electron chi connectivity index (χ1n) is 14.0. The lowest BCUT2D eigenvalue weighted by Crippen LogP contribution is -2.24. The molecule has 0 spiro atoms. The molecule has 7 aromatic rings. The average Bonchev–Trinajstić information content (AvgIpc) is 3.54. The topological polar surface area (TPSA) is 106 Å². The Morgan fingerprint density at radius 2 is 1.44 bits per heavy atom. The molecule has 2 heterocycles. The SMILES string of the molecule is O=c1c2ccccc2nc(Cc2ccccc2Nc2c(Cl)cccc2Cl)n1-c1ccc(-c2nnc(-c3ccccc3O)o2)cc1. The normalized spacial score (nSPS) is 11.2. The summed E-state index contributed by atoms with van der Waals surface area (Å²) in [5, 5.41) is 23.3. The molecule has 0 amide bonds. The Labute approximate surface area is 267 Å². The number of aromatic hydroxyl groups is 1. The molecule has 45 heavy (non-hydrogen) atoms. The van der Waals surface area contributed by atoms with Crippen LogP contribution in [0.1, 0.15) is 11.4 Å². The van der Waals surface area contributed by atoms with Gasteiger partial charge >= 0.3 is 0 Å². The molecule has 5 aromatic carbocycles. The van der Waals surface area contributed by atoms with Gasteiger partial charge in [-0.25, -0.2) is 4.98 Å². The zero-order valence-electron chi connectivity index (χ0n) is 23.5. The molecule has 0 aliphatic heterocycles. The van der Waals surface area contributed by atoms with Crippen molar-refractivity contribution < 1.29 is 9.52 Å². The lowest BCUT2D eigenvalue weighted by atomic mass is 10.1. The van der Waals surface area contributed by atoms with Crippen molar-refractivity contribution in [1.29, 1.82) is 0 Å². The highest BCUT2D eigenvalue weighted by molar-refractivity contribution is 6.39. The fourth-order valence-electron chi connectivity index (χ4n) is 5.14. The van der Waals surface area contributed by atoms with E-state index in [2.05, 4.69) is 15.5 Å². The van der Waals surface area contributed by atoms with Gasteiger partial charge in [-0.05, 0) is 72.3 Å². The number of phenols is 1. The Hall–Kier alpha value is -5.44. The molecular weight excluding hydrogens is 609 g/mol. The highest BCUT2D eigenvalue weighted by Gasteiger charge is 2.18. The van der Waals surface area contributed by atoms with E-state index in [4.69, 9.17) is 32.6 Å². The van der Waals surface area contributed by atoms with Crippen LogP contribution in [0.5, 0.6) is 5.75 Å². The summed E-state index contributed by atoms with van der Waals surface area (Å²) < 4.78 is 7.47. The van der Waals surface area contributed by atoms with Crippen LogP contribution in [0.2, 0.25) is 10.0 Å². The summed E-state index contributed by atoms with van der Waals surface area (Å²) >= 11 is 12.9. The van der Waals surface area contributed by atoms with Crippen LogP contribution in [0.25, 0.3) is 39.5 Å². The summed E-state index contributed by atoms with van der Waals surface area (Å²) in [7, 11) is 0. The van der Waals surface area contributed by atoms with E-state index in [1.165, 1.54) is 0 Å². The van der Waals surface area contributed by atoms with E-state index in [-0.39, 0.29) is 23.1 Å².